The summed E-state index contributed by atoms with van der Waals surface area (Å²) in [6.07, 6.45) is 1.69. The number of hydrogen-bond acceptors (Lipinski definition) is 10. The van der Waals surface area contributed by atoms with E-state index in [1.54, 1.807) is 28.5 Å². The average Bonchev–Trinajstić information content (AvgIpc) is 3.37. The molecule has 190 valence electrons. The van der Waals surface area contributed by atoms with Crippen LogP contribution in [0.5, 0.6) is 0 Å². The molecule has 2 fully saturated rings. The van der Waals surface area contributed by atoms with E-state index in [1.807, 2.05) is 17.5 Å². The van der Waals surface area contributed by atoms with Gasteiger partial charge in [0, 0.05) is 64.5 Å². The van der Waals surface area contributed by atoms with E-state index in [0.29, 0.717) is 37.9 Å². The third-order valence-electron chi connectivity index (χ3n) is 6.37. The van der Waals surface area contributed by atoms with Gasteiger partial charge in [0.2, 0.25) is 11.8 Å². The Labute approximate surface area is 212 Å². The highest BCUT2D eigenvalue weighted by Crippen LogP contribution is 2.32. The Morgan fingerprint density at radius 1 is 1.17 bits per heavy atom. The van der Waals surface area contributed by atoms with Gasteiger partial charge in [-0.1, -0.05) is 0 Å². The highest BCUT2D eigenvalue weighted by Gasteiger charge is 2.28. The van der Waals surface area contributed by atoms with Gasteiger partial charge in [-0.05, 0) is 23.6 Å². The van der Waals surface area contributed by atoms with Gasteiger partial charge in [0.25, 0.3) is 0 Å². The summed E-state index contributed by atoms with van der Waals surface area (Å²) in [5, 5.41) is 13.8. The van der Waals surface area contributed by atoms with Crippen LogP contribution in [0.4, 0.5) is 11.6 Å². The molecule has 2 aliphatic rings. The molecule has 1 unspecified atom stereocenters. The molecule has 0 saturated carbocycles. The van der Waals surface area contributed by atoms with Gasteiger partial charge in [-0.25, -0.2) is 15.0 Å². The fourth-order valence-electron chi connectivity index (χ4n) is 4.56. The maximum atomic E-state index is 11.7. The summed E-state index contributed by atoms with van der Waals surface area (Å²) in [5.74, 6) is 1.58. The van der Waals surface area contributed by atoms with E-state index in [9.17, 15) is 9.59 Å². The van der Waals surface area contributed by atoms with Crippen LogP contribution in [-0.2, 0) is 14.3 Å². The first-order valence-electron chi connectivity index (χ1n) is 12.0. The number of amides is 2. The van der Waals surface area contributed by atoms with Crippen molar-refractivity contribution >= 4 is 45.0 Å². The molecule has 0 radical (unpaired) electrons. The number of piperazine rings is 1. The lowest BCUT2D eigenvalue weighted by atomic mass is 10.2. The lowest BCUT2D eigenvalue weighted by Crippen LogP contribution is -2.54. The number of rotatable bonds is 6. The summed E-state index contributed by atoms with van der Waals surface area (Å²) in [6, 6.07) is 5.61. The third kappa shape index (κ3) is 5.46. The van der Waals surface area contributed by atoms with Gasteiger partial charge in [-0.2, -0.15) is 0 Å². The fourth-order valence-corrected chi connectivity index (χ4v) is 5.41. The number of morpholine rings is 1. The lowest BCUT2D eigenvalue weighted by Gasteiger charge is -2.39. The maximum absolute atomic E-state index is 11.7. The molecule has 3 aromatic heterocycles. The summed E-state index contributed by atoms with van der Waals surface area (Å²) < 4.78 is 7.13. The molecule has 0 spiro atoms. The molecule has 1 atom stereocenters. The molecule has 0 bridgehead atoms. The molecule has 36 heavy (non-hydrogen) atoms. The Balaban J connectivity index is 1.31. The van der Waals surface area contributed by atoms with Gasteiger partial charge in [-0.15, -0.1) is 11.3 Å². The van der Waals surface area contributed by atoms with Crippen molar-refractivity contribution in [3.8, 4) is 11.4 Å². The first-order valence-corrected chi connectivity index (χ1v) is 12.8. The molecule has 0 aromatic carbocycles. The van der Waals surface area contributed by atoms with E-state index in [1.165, 1.54) is 6.92 Å². The van der Waals surface area contributed by atoms with E-state index in [4.69, 9.17) is 19.8 Å². The second-order valence-electron chi connectivity index (χ2n) is 8.90. The van der Waals surface area contributed by atoms with E-state index in [-0.39, 0.29) is 17.9 Å². The van der Waals surface area contributed by atoms with Crippen molar-refractivity contribution in [3.63, 3.8) is 0 Å². The zero-order valence-corrected chi connectivity index (χ0v) is 20.9. The molecule has 2 aliphatic heterocycles. The SMILES string of the molecule is CC(=O)Nc1ccc(-c2nc(N3CCOC(CN4CCN(C(=O)CO)CC4)C3)c3sccc3n2)cn1. The number of aliphatic hydroxyl groups excluding tert-OH is 1. The number of carbonyl (C=O) groups excluding carboxylic acids is 2. The minimum atomic E-state index is -0.436. The van der Waals surface area contributed by atoms with E-state index in [2.05, 4.69) is 20.1 Å². The predicted octanol–water partition coefficient (Wildman–Crippen LogP) is 1.05. The van der Waals surface area contributed by atoms with Crippen LogP contribution in [0.25, 0.3) is 21.6 Å². The van der Waals surface area contributed by atoms with Gasteiger partial charge in [0.15, 0.2) is 11.6 Å². The average molecular weight is 512 g/mol. The van der Waals surface area contributed by atoms with Crippen LogP contribution in [0.3, 0.4) is 0 Å². The highest BCUT2D eigenvalue weighted by atomic mass is 32.1. The minimum Gasteiger partial charge on any atom is -0.387 e. The van der Waals surface area contributed by atoms with Crippen molar-refractivity contribution in [3.05, 3.63) is 29.8 Å². The standard InChI is InChI=1S/C24H29N7O4S/c1-16(33)26-20-3-2-17(12-25-20)23-27-19-4-11-36-22(19)24(28-23)31-9-10-35-18(14-31)13-29-5-7-30(8-6-29)21(34)15-32/h2-4,11-12,18,32H,5-10,13-15H2,1H3,(H,25,26,33). The fraction of sp³-hybridized carbons (Fsp3) is 0.458. The van der Waals surface area contributed by atoms with Crippen molar-refractivity contribution in [2.24, 2.45) is 0 Å². The summed E-state index contributed by atoms with van der Waals surface area (Å²) in [6.45, 7) is 6.60. The van der Waals surface area contributed by atoms with Gasteiger partial charge >= 0.3 is 0 Å². The van der Waals surface area contributed by atoms with Crippen LogP contribution in [0.1, 0.15) is 6.92 Å². The van der Waals surface area contributed by atoms with E-state index >= 15 is 0 Å². The second-order valence-corrected chi connectivity index (χ2v) is 9.81. The number of nitrogens with one attached hydrogen (secondary N) is 1. The molecule has 12 heteroatoms. The summed E-state index contributed by atoms with van der Waals surface area (Å²) in [5.41, 5.74) is 1.66. The number of aliphatic hydroxyl groups is 1. The molecule has 0 aliphatic carbocycles. The molecular weight excluding hydrogens is 482 g/mol. The van der Waals surface area contributed by atoms with Crippen molar-refractivity contribution < 1.29 is 19.4 Å². The van der Waals surface area contributed by atoms with Crippen LogP contribution < -0.4 is 10.2 Å². The predicted molar refractivity (Wildman–Crippen MR) is 137 cm³/mol. The summed E-state index contributed by atoms with van der Waals surface area (Å²) >= 11 is 1.62. The number of pyridine rings is 1. The van der Waals surface area contributed by atoms with Crippen molar-refractivity contribution in [1.82, 2.24) is 24.8 Å². The topological polar surface area (TPSA) is 124 Å². The van der Waals surface area contributed by atoms with E-state index < -0.39 is 6.61 Å². The number of aromatic nitrogens is 3. The number of ether oxygens (including phenoxy) is 1. The van der Waals surface area contributed by atoms with Crippen molar-refractivity contribution in [1.29, 1.82) is 0 Å². The maximum Gasteiger partial charge on any atom is 0.248 e. The zero-order chi connectivity index (χ0) is 25.1. The van der Waals surface area contributed by atoms with Gasteiger partial charge in [-0.3, -0.25) is 14.5 Å². The Hall–Kier alpha value is -3.19. The van der Waals surface area contributed by atoms with E-state index in [0.717, 1.165) is 47.8 Å². The molecule has 5 heterocycles. The van der Waals surface area contributed by atoms with Gasteiger partial charge in [0.05, 0.1) is 22.9 Å². The second kappa shape index (κ2) is 10.8. The molecule has 3 aromatic rings. The minimum absolute atomic E-state index is 0.0193. The normalized spacial score (nSPS) is 19.0. The zero-order valence-electron chi connectivity index (χ0n) is 20.1. The first-order chi connectivity index (χ1) is 17.5. The monoisotopic (exact) mass is 511 g/mol. The Morgan fingerprint density at radius 3 is 2.72 bits per heavy atom. The lowest BCUT2D eigenvalue weighted by molar-refractivity contribution is -0.136. The smallest absolute Gasteiger partial charge is 0.248 e. The van der Waals surface area contributed by atoms with Crippen LogP contribution in [0.15, 0.2) is 29.8 Å². The van der Waals surface area contributed by atoms with Crippen molar-refractivity contribution in [2.75, 3.05) is 69.2 Å². The van der Waals surface area contributed by atoms with Crippen LogP contribution in [0, 0.1) is 0 Å². The molecule has 2 N–H and O–H groups in total. The molecule has 5 rings (SSSR count). The molecular formula is C24H29N7O4S. The van der Waals surface area contributed by atoms with Crippen LogP contribution in [-0.4, -0.2) is 107 Å². The number of hydrogen-bond donors (Lipinski definition) is 2. The van der Waals surface area contributed by atoms with Gasteiger partial charge < -0.3 is 25.0 Å². The first kappa shape index (κ1) is 24.5. The quantitative estimate of drug-likeness (QED) is 0.500. The largest absolute Gasteiger partial charge is 0.387 e. The number of thiophene rings is 1. The molecule has 2 saturated heterocycles. The molecule has 2 amide bonds. The van der Waals surface area contributed by atoms with Gasteiger partial charge in [0.1, 0.15) is 12.4 Å². The van der Waals surface area contributed by atoms with Crippen molar-refractivity contribution in [2.45, 2.75) is 13.0 Å². The number of nitrogens with zero attached hydrogens (tertiary/aromatic N) is 6. The summed E-state index contributed by atoms with van der Waals surface area (Å²) in [4.78, 5) is 43.3. The highest BCUT2D eigenvalue weighted by molar-refractivity contribution is 7.17. The number of anilines is 2. The number of fused-ring (bicyclic) bond motifs is 1. The summed E-state index contributed by atoms with van der Waals surface area (Å²) in [7, 11) is 0. The Kier molecular flexibility index (Phi) is 7.37. The number of carbonyl (C=O) groups is 2. The van der Waals surface area contributed by atoms with Crippen LogP contribution in [0.2, 0.25) is 0 Å². The Morgan fingerprint density at radius 2 is 2.00 bits per heavy atom. The third-order valence-corrected chi connectivity index (χ3v) is 7.27. The molecule has 11 nitrogen and oxygen atoms in total. The Bertz CT molecular complexity index is 1230. The van der Waals surface area contributed by atoms with Crippen LogP contribution >= 0.6 is 11.3 Å².